The first kappa shape index (κ1) is 12.7. The third kappa shape index (κ3) is 2.76. The Bertz CT molecular complexity index is 595. The zero-order chi connectivity index (χ0) is 13.8. The predicted molar refractivity (Wildman–Crippen MR) is 68.3 cm³/mol. The van der Waals surface area contributed by atoms with Crippen LogP contribution in [0.15, 0.2) is 18.5 Å². The molecule has 2 aromatic rings. The number of hydrogen-bond acceptors (Lipinski definition) is 7. The van der Waals surface area contributed by atoms with E-state index >= 15 is 0 Å². The maximum absolute atomic E-state index is 10.9. The number of anilines is 2. The maximum Gasteiger partial charge on any atom is 0.311 e. The number of rotatable bonds is 5. The lowest BCUT2D eigenvalue weighted by atomic mass is 10.3. The molecule has 100 valence electrons. The van der Waals surface area contributed by atoms with Crippen molar-refractivity contribution >= 4 is 17.3 Å². The summed E-state index contributed by atoms with van der Waals surface area (Å²) >= 11 is 0. The van der Waals surface area contributed by atoms with E-state index in [1.165, 1.54) is 12.1 Å². The van der Waals surface area contributed by atoms with Gasteiger partial charge in [0, 0.05) is 12.6 Å². The fraction of sp³-hybridized carbons (Fsp3) is 0.300. The molecule has 9 heteroatoms. The lowest BCUT2D eigenvalue weighted by molar-refractivity contribution is -0.384. The van der Waals surface area contributed by atoms with E-state index in [0.717, 1.165) is 6.54 Å². The van der Waals surface area contributed by atoms with Gasteiger partial charge in [-0.25, -0.2) is 4.98 Å². The first-order valence-corrected chi connectivity index (χ1v) is 5.63. The zero-order valence-corrected chi connectivity index (χ0v) is 10.3. The summed E-state index contributed by atoms with van der Waals surface area (Å²) in [6, 6.07) is 2.70. The van der Waals surface area contributed by atoms with Crippen molar-refractivity contribution in [3.8, 4) is 0 Å². The van der Waals surface area contributed by atoms with Gasteiger partial charge in [0.05, 0.1) is 11.5 Å². The third-order valence-electron chi connectivity index (χ3n) is 2.54. The number of nitrogens with one attached hydrogen (secondary N) is 1. The highest BCUT2D eigenvalue weighted by Gasteiger charge is 2.15. The minimum absolute atomic E-state index is 0.121. The van der Waals surface area contributed by atoms with Crippen LogP contribution < -0.4 is 11.1 Å². The molecule has 2 rings (SSSR count). The minimum Gasteiger partial charge on any atom is -0.384 e. The van der Waals surface area contributed by atoms with Crippen molar-refractivity contribution in [3.63, 3.8) is 0 Å². The van der Waals surface area contributed by atoms with Gasteiger partial charge in [-0.3, -0.25) is 10.1 Å². The van der Waals surface area contributed by atoms with Gasteiger partial charge >= 0.3 is 5.69 Å². The van der Waals surface area contributed by atoms with E-state index in [4.69, 9.17) is 5.73 Å². The largest absolute Gasteiger partial charge is 0.384 e. The fourth-order valence-electron chi connectivity index (χ4n) is 1.59. The lowest BCUT2D eigenvalue weighted by Gasteiger charge is -2.07. The van der Waals surface area contributed by atoms with Gasteiger partial charge in [0.25, 0.3) is 0 Å². The van der Waals surface area contributed by atoms with Crippen LogP contribution in [0.5, 0.6) is 0 Å². The van der Waals surface area contributed by atoms with E-state index in [9.17, 15) is 10.1 Å². The summed E-state index contributed by atoms with van der Waals surface area (Å²) < 4.78 is 1.82. The highest BCUT2D eigenvalue weighted by atomic mass is 16.6. The Kier molecular flexibility index (Phi) is 3.55. The first-order valence-electron chi connectivity index (χ1n) is 5.63. The number of nitrogen functional groups attached to an aromatic ring is 1. The smallest absolute Gasteiger partial charge is 0.311 e. The molecule has 0 saturated heterocycles. The van der Waals surface area contributed by atoms with Crippen LogP contribution in [-0.4, -0.2) is 24.7 Å². The molecular weight excluding hydrogens is 250 g/mol. The maximum atomic E-state index is 10.9. The summed E-state index contributed by atoms with van der Waals surface area (Å²) in [5, 5.41) is 21.4. The van der Waals surface area contributed by atoms with Gasteiger partial charge in [-0.05, 0) is 13.0 Å². The van der Waals surface area contributed by atoms with Gasteiger partial charge in [-0.2, -0.15) is 0 Å². The molecule has 0 aliphatic carbocycles. The number of pyridine rings is 1. The molecule has 0 aliphatic heterocycles. The summed E-state index contributed by atoms with van der Waals surface area (Å²) in [5.41, 5.74) is 5.40. The van der Waals surface area contributed by atoms with Crippen LogP contribution in [0.25, 0.3) is 0 Å². The monoisotopic (exact) mass is 263 g/mol. The number of aryl methyl sites for hydroxylation is 1. The molecule has 9 nitrogen and oxygen atoms in total. The molecule has 0 saturated carbocycles. The molecule has 0 atom stereocenters. The second kappa shape index (κ2) is 5.29. The van der Waals surface area contributed by atoms with Crippen molar-refractivity contribution in [1.82, 2.24) is 19.7 Å². The van der Waals surface area contributed by atoms with Gasteiger partial charge in [0.2, 0.25) is 5.82 Å². The predicted octanol–water partition coefficient (Wildman–Crippen LogP) is 0.795. The van der Waals surface area contributed by atoms with E-state index in [-0.39, 0.29) is 23.9 Å². The Morgan fingerprint density at radius 1 is 1.53 bits per heavy atom. The van der Waals surface area contributed by atoms with Crippen LogP contribution >= 0.6 is 0 Å². The highest BCUT2D eigenvalue weighted by Crippen LogP contribution is 2.23. The van der Waals surface area contributed by atoms with E-state index in [1.54, 1.807) is 6.33 Å². The molecular formula is C10H13N7O2. The van der Waals surface area contributed by atoms with Crippen molar-refractivity contribution in [2.24, 2.45) is 0 Å². The Morgan fingerprint density at radius 3 is 3.00 bits per heavy atom. The van der Waals surface area contributed by atoms with Gasteiger partial charge < -0.3 is 15.6 Å². The average Bonchev–Trinajstić information content (AvgIpc) is 2.83. The average molecular weight is 263 g/mol. The van der Waals surface area contributed by atoms with E-state index < -0.39 is 4.92 Å². The van der Waals surface area contributed by atoms with Crippen molar-refractivity contribution in [3.05, 3.63) is 34.4 Å². The Labute approximate surface area is 108 Å². The van der Waals surface area contributed by atoms with Crippen LogP contribution in [-0.2, 0) is 13.1 Å². The van der Waals surface area contributed by atoms with Crippen LogP contribution in [0.4, 0.5) is 17.3 Å². The Hall–Kier alpha value is -2.71. The first-order chi connectivity index (χ1) is 9.11. The Morgan fingerprint density at radius 2 is 2.32 bits per heavy atom. The topological polar surface area (TPSA) is 125 Å². The third-order valence-corrected chi connectivity index (χ3v) is 2.54. The molecule has 0 spiro atoms. The number of nitro groups is 1. The summed E-state index contributed by atoms with van der Waals surface area (Å²) in [7, 11) is 0. The van der Waals surface area contributed by atoms with Crippen molar-refractivity contribution in [2.45, 2.75) is 20.0 Å². The second-order valence-corrected chi connectivity index (χ2v) is 3.75. The molecule has 0 bridgehead atoms. The summed E-state index contributed by atoms with van der Waals surface area (Å²) in [6.07, 6.45) is 1.60. The number of nitrogens with zero attached hydrogens (tertiary/aromatic N) is 5. The molecule has 0 aliphatic rings. The molecule has 0 radical (unpaired) electrons. The molecule has 19 heavy (non-hydrogen) atoms. The van der Waals surface area contributed by atoms with Crippen molar-refractivity contribution in [1.29, 1.82) is 0 Å². The summed E-state index contributed by atoms with van der Waals surface area (Å²) in [5.74, 6) is 1.00. The van der Waals surface area contributed by atoms with Crippen molar-refractivity contribution in [2.75, 3.05) is 11.1 Å². The Balaban J connectivity index is 2.19. The molecule has 2 heterocycles. The quantitative estimate of drug-likeness (QED) is 0.603. The van der Waals surface area contributed by atoms with Crippen LogP contribution in [0.3, 0.4) is 0 Å². The fourth-order valence-corrected chi connectivity index (χ4v) is 1.59. The van der Waals surface area contributed by atoms with Crippen LogP contribution in [0, 0.1) is 10.1 Å². The van der Waals surface area contributed by atoms with Gasteiger partial charge in [-0.15, -0.1) is 10.2 Å². The number of aromatic nitrogens is 4. The molecule has 2 aromatic heterocycles. The van der Waals surface area contributed by atoms with Gasteiger partial charge in [0.15, 0.2) is 5.82 Å². The number of nitrogens with two attached hydrogens (primary N) is 1. The van der Waals surface area contributed by atoms with Gasteiger partial charge in [0.1, 0.15) is 12.1 Å². The minimum atomic E-state index is -0.515. The zero-order valence-electron chi connectivity index (χ0n) is 10.3. The van der Waals surface area contributed by atoms with E-state index in [0.29, 0.717) is 5.82 Å². The van der Waals surface area contributed by atoms with Crippen LogP contribution in [0.1, 0.15) is 12.7 Å². The van der Waals surface area contributed by atoms with Crippen LogP contribution in [0.2, 0.25) is 0 Å². The highest BCUT2D eigenvalue weighted by molar-refractivity contribution is 5.59. The molecule has 0 amide bonds. The number of hydrogen-bond donors (Lipinski definition) is 2. The normalized spacial score (nSPS) is 10.4. The van der Waals surface area contributed by atoms with E-state index in [1.807, 2.05) is 11.5 Å². The van der Waals surface area contributed by atoms with E-state index in [2.05, 4.69) is 20.5 Å². The molecule has 3 N–H and O–H groups in total. The molecule has 0 fully saturated rings. The lowest BCUT2D eigenvalue weighted by Crippen LogP contribution is -2.10. The SMILES string of the molecule is CCn1cnnc1CNc1nc(N)ccc1[N+](=O)[O-]. The molecule has 0 aromatic carbocycles. The molecule has 0 unspecified atom stereocenters. The van der Waals surface area contributed by atoms with Gasteiger partial charge in [-0.1, -0.05) is 0 Å². The second-order valence-electron chi connectivity index (χ2n) is 3.75. The summed E-state index contributed by atoms with van der Waals surface area (Å²) in [4.78, 5) is 14.3. The standard InChI is InChI=1S/C10H13N7O2/c1-2-16-6-13-15-9(16)5-12-10-7(17(18)19)3-4-8(11)14-10/h3-4,6H,2,5H2,1H3,(H3,11,12,14). The summed E-state index contributed by atoms with van der Waals surface area (Å²) in [6.45, 7) is 2.95. The van der Waals surface area contributed by atoms with Crippen molar-refractivity contribution < 1.29 is 4.92 Å².